The van der Waals surface area contributed by atoms with Crippen molar-refractivity contribution in [3.8, 4) is 0 Å². The number of carbonyl (C=O) groups is 1. The van der Waals surface area contributed by atoms with E-state index in [9.17, 15) is 14.9 Å². The van der Waals surface area contributed by atoms with Crippen molar-refractivity contribution in [3.05, 3.63) is 64.2 Å². The number of ether oxygens (including phenoxy) is 1. The summed E-state index contributed by atoms with van der Waals surface area (Å²) in [6, 6.07) is 12.9. The largest absolute Gasteiger partial charge is 0.372 e. The molecular weight excluding hydrogens is 336 g/mol. The zero-order valence-corrected chi connectivity index (χ0v) is 14.2. The van der Waals surface area contributed by atoms with Gasteiger partial charge in [0.05, 0.1) is 22.8 Å². The standard InChI is InChI=1S/C18H18N4O4/c1-21-9-10-26-12-17(21)20-16-8-7-14(22(24)25)11-15(16)18(23)19-13-5-3-2-4-6-13/h2-8,11H,9-10,12H2,1H3,(H,19,23). The Kier molecular flexibility index (Phi) is 5.23. The first-order valence-electron chi connectivity index (χ1n) is 8.06. The average Bonchev–Trinajstić information content (AvgIpc) is 2.64. The van der Waals surface area contributed by atoms with E-state index in [-0.39, 0.29) is 11.3 Å². The highest BCUT2D eigenvalue weighted by Crippen LogP contribution is 2.26. The zero-order valence-electron chi connectivity index (χ0n) is 14.2. The van der Waals surface area contributed by atoms with Crippen LogP contribution in [0.2, 0.25) is 0 Å². The minimum absolute atomic E-state index is 0.134. The summed E-state index contributed by atoms with van der Waals surface area (Å²) in [4.78, 5) is 29.7. The van der Waals surface area contributed by atoms with E-state index < -0.39 is 10.8 Å². The lowest BCUT2D eigenvalue weighted by Crippen LogP contribution is -2.38. The highest BCUT2D eigenvalue weighted by atomic mass is 16.6. The fourth-order valence-electron chi connectivity index (χ4n) is 2.50. The van der Waals surface area contributed by atoms with E-state index in [1.54, 1.807) is 24.3 Å². The van der Waals surface area contributed by atoms with Gasteiger partial charge in [-0.3, -0.25) is 14.9 Å². The number of non-ortho nitro benzene ring substituents is 1. The SMILES string of the molecule is CN1CCOCC1=Nc1ccc([N+](=O)[O-])cc1C(=O)Nc1ccccc1. The first kappa shape index (κ1) is 17.6. The molecule has 1 fully saturated rings. The number of amides is 1. The van der Waals surface area contributed by atoms with Crippen molar-refractivity contribution in [1.29, 1.82) is 0 Å². The molecule has 26 heavy (non-hydrogen) atoms. The van der Waals surface area contributed by atoms with Crippen molar-refractivity contribution < 1.29 is 14.5 Å². The molecule has 0 atom stereocenters. The third-order valence-electron chi connectivity index (χ3n) is 3.96. The maximum atomic E-state index is 12.7. The lowest BCUT2D eigenvalue weighted by atomic mass is 10.1. The van der Waals surface area contributed by atoms with Crippen LogP contribution in [0.1, 0.15) is 10.4 Å². The van der Waals surface area contributed by atoms with Crippen LogP contribution < -0.4 is 5.32 Å². The van der Waals surface area contributed by atoms with Gasteiger partial charge >= 0.3 is 0 Å². The van der Waals surface area contributed by atoms with E-state index in [2.05, 4.69) is 10.3 Å². The number of anilines is 1. The molecule has 0 aromatic heterocycles. The van der Waals surface area contributed by atoms with Crippen LogP contribution in [-0.2, 0) is 4.74 Å². The number of morpholine rings is 1. The molecule has 0 aliphatic carbocycles. The summed E-state index contributed by atoms with van der Waals surface area (Å²) < 4.78 is 5.40. The van der Waals surface area contributed by atoms with Crippen molar-refractivity contribution >= 4 is 28.8 Å². The third-order valence-corrected chi connectivity index (χ3v) is 3.96. The lowest BCUT2D eigenvalue weighted by molar-refractivity contribution is -0.384. The highest BCUT2D eigenvalue weighted by molar-refractivity contribution is 6.08. The van der Waals surface area contributed by atoms with Gasteiger partial charge in [0.25, 0.3) is 11.6 Å². The van der Waals surface area contributed by atoms with E-state index in [0.717, 1.165) is 0 Å². The number of para-hydroxylation sites is 1. The van der Waals surface area contributed by atoms with Gasteiger partial charge in [0.15, 0.2) is 0 Å². The second-order valence-corrected chi connectivity index (χ2v) is 5.78. The topological polar surface area (TPSA) is 97.1 Å². The Morgan fingerprint density at radius 2 is 2.04 bits per heavy atom. The normalized spacial score (nSPS) is 15.7. The van der Waals surface area contributed by atoms with Gasteiger partial charge in [-0.15, -0.1) is 0 Å². The molecule has 0 radical (unpaired) electrons. The Balaban J connectivity index is 1.97. The Hall–Kier alpha value is -3.26. The van der Waals surface area contributed by atoms with Crippen LogP contribution in [0.25, 0.3) is 0 Å². The number of hydrogen-bond donors (Lipinski definition) is 1. The molecule has 1 N–H and O–H groups in total. The molecule has 134 valence electrons. The summed E-state index contributed by atoms with van der Waals surface area (Å²) in [5, 5.41) is 13.8. The van der Waals surface area contributed by atoms with Crippen molar-refractivity contribution in [2.24, 2.45) is 4.99 Å². The molecule has 1 heterocycles. The summed E-state index contributed by atoms with van der Waals surface area (Å²) in [5.74, 6) is 0.206. The lowest BCUT2D eigenvalue weighted by Gasteiger charge is -2.26. The van der Waals surface area contributed by atoms with E-state index in [1.165, 1.54) is 18.2 Å². The number of benzene rings is 2. The van der Waals surface area contributed by atoms with Crippen LogP contribution in [-0.4, -0.2) is 48.4 Å². The second-order valence-electron chi connectivity index (χ2n) is 5.78. The number of rotatable bonds is 4. The summed E-state index contributed by atoms with van der Waals surface area (Å²) in [7, 11) is 1.89. The minimum Gasteiger partial charge on any atom is -0.372 e. The predicted molar refractivity (Wildman–Crippen MR) is 98.0 cm³/mol. The van der Waals surface area contributed by atoms with Gasteiger partial charge in [0, 0.05) is 31.4 Å². The van der Waals surface area contributed by atoms with Gasteiger partial charge in [0.1, 0.15) is 12.4 Å². The number of hydrogen-bond acceptors (Lipinski definition) is 5. The number of carbonyl (C=O) groups excluding carboxylic acids is 1. The van der Waals surface area contributed by atoms with E-state index in [4.69, 9.17) is 4.74 Å². The third kappa shape index (κ3) is 4.04. The Bertz CT molecular complexity index is 852. The average molecular weight is 354 g/mol. The summed E-state index contributed by atoms with van der Waals surface area (Å²) in [6.45, 7) is 1.63. The molecule has 1 amide bonds. The number of amidine groups is 1. The van der Waals surface area contributed by atoms with Crippen molar-refractivity contribution in [1.82, 2.24) is 4.90 Å². The Morgan fingerprint density at radius 3 is 2.73 bits per heavy atom. The molecule has 1 saturated heterocycles. The zero-order chi connectivity index (χ0) is 18.5. The van der Waals surface area contributed by atoms with Gasteiger partial charge in [-0.25, -0.2) is 4.99 Å². The number of nitrogens with one attached hydrogen (secondary N) is 1. The molecule has 0 unspecified atom stereocenters. The fourth-order valence-corrected chi connectivity index (χ4v) is 2.50. The molecule has 8 nitrogen and oxygen atoms in total. The molecule has 0 spiro atoms. The van der Waals surface area contributed by atoms with Crippen LogP contribution in [0.4, 0.5) is 17.1 Å². The molecule has 1 aliphatic heterocycles. The summed E-state index contributed by atoms with van der Waals surface area (Å²) in [6.07, 6.45) is 0. The van der Waals surface area contributed by atoms with Crippen LogP contribution in [0.15, 0.2) is 53.5 Å². The van der Waals surface area contributed by atoms with Gasteiger partial charge in [-0.05, 0) is 18.2 Å². The molecule has 8 heteroatoms. The highest BCUT2D eigenvalue weighted by Gasteiger charge is 2.19. The smallest absolute Gasteiger partial charge is 0.270 e. The quantitative estimate of drug-likeness (QED) is 0.673. The molecule has 0 bridgehead atoms. The van der Waals surface area contributed by atoms with Crippen LogP contribution >= 0.6 is 0 Å². The monoisotopic (exact) mass is 354 g/mol. The van der Waals surface area contributed by atoms with Gasteiger partial charge in [0.2, 0.25) is 0 Å². The van der Waals surface area contributed by atoms with Gasteiger partial charge < -0.3 is 15.0 Å². The number of nitrogens with zero attached hydrogens (tertiary/aromatic N) is 3. The number of likely N-dealkylation sites (N-methyl/N-ethyl adjacent to an activating group) is 1. The van der Waals surface area contributed by atoms with Crippen LogP contribution in [0, 0.1) is 10.1 Å². The molecule has 0 saturated carbocycles. The van der Waals surface area contributed by atoms with Crippen molar-refractivity contribution in [2.45, 2.75) is 0 Å². The first-order chi connectivity index (χ1) is 12.5. The van der Waals surface area contributed by atoms with E-state index in [0.29, 0.717) is 37.0 Å². The predicted octanol–water partition coefficient (Wildman–Crippen LogP) is 2.84. The first-order valence-corrected chi connectivity index (χ1v) is 8.06. The number of nitro benzene ring substituents is 1. The minimum atomic E-state index is -0.536. The summed E-state index contributed by atoms with van der Waals surface area (Å²) >= 11 is 0. The molecule has 3 rings (SSSR count). The van der Waals surface area contributed by atoms with Gasteiger partial charge in [-0.2, -0.15) is 0 Å². The van der Waals surface area contributed by atoms with Crippen LogP contribution in [0.5, 0.6) is 0 Å². The molecule has 2 aromatic rings. The molecule has 1 aliphatic rings. The molecular formula is C18H18N4O4. The Morgan fingerprint density at radius 1 is 1.27 bits per heavy atom. The van der Waals surface area contributed by atoms with Crippen molar-refractivity contribution in [2.75, 3.05) is 32.1 Å². The van der Waals surface area contributed by atoms with E-state index >= 15 is 0 Å². The summed E-state index contributed by atoms with van der Waals surface area (Å²) in [5.41, 5.74) is 0.923. The Labute approximate surface area is 150 Å². The van der Waals surface area contributed by atoms with Crippen molar-refractivity contribution in [3.63, 3.8) is 0 Å². The van der Waals surface area contributed by atoms with Gasteiger partial charge in [-0.1, -0.05) is 18.2 Å². The maximum Gasteiger partial charge on any atom is 0.270 e. The van der Waals surface area contributed by atoms with E-state index in [1.807, 2.05) is 18.0 Å². The second kappa shape index (κ2) is 7.75. The number of aliphatic imine (C=N–C) groups is 1. The maximum absolute atomic E-state index is 12.7. The number of nitro groups is 1. The fraction of sp³-hybridized carbons (Fsp3) is 0.222. The molecule has 2 aromatic carbocycles. The van der Waals surface area contributed by atoms with Crippen LogP contribution in [0.3, 0.4) is 0 Å².